The Morgan fingerprint density at radius 3 is 2.71 bits per heavy atom. The van der Waals surface area contributed by atoms with Gasteiger partial charge in [-0.05, 0) is 12.1 Å². The van der Waals surface area contributed by atoms with Crippen molar-refractivity contribution in [3.05, 3.63) is 34.4 Å². The van der Waals surface area contributed by atoms with Gasteiger partial charge in [0.1, 0.15) is 11.6 Å². The second kappa shape index (κ2) is 4.68. The van der Waals surface area contributed by atoms with E-state index in [-0.39, 0.29) is 17.2 Å². The van der Waals surface area contributed by atoms with Crippen molar-refractivity contribution in [2.24, 2.45) is 5.90 Å². The van der Waals surface area contributed by atoms with E-state index in [2.05, 4.69) is 4.84 Å². The van der Waals surface area contributed by atoms with Gasteiger partial charge < -0.3 is 4.84 Å². The first-order chi connectivity index (χ1) is 6.57. The summed E-state index contributed by atoms with van der Waals surface area (Å²) in [6.45, 7) is 1.64. The molecule has 0 heterocycles. The van der Waals surface area contributed by atoms with Crippen LogP contribution in [0.4, 0.5) is 8.78 Å². The zero-order valence-electron chi connectivity index (χ0n) is 7.56. The van der Waals surface area contributed by atoms with Crippen LogP contribution in [0.5, 0.6) is 0 Å². The van der Waals surface area contributed by atoms with E-state index in [1.165, 1.54) is 6.07 Å². The van der Waals surface area contributed by atoms with Crippen LogP contribution < -0.4 is 5.90 Å². The van der Waals surface area contributed by atoms with Crippen molar-refractivity contribution in [1.82, 2.24) is 0 Å². The van der Waals surface area contributed by atoms with Crippen LogP contribution in [0.2, 0.25) is 5.02 Å². The van der Waals surface area contributed by atoms with Crippen molar-refractivity contribution >= 4 is 11.6 Å². The van der Waals surface area contributed by atoms with E-state index < -0.39 is 17.6 Å². The molecule has 1 rings (SSSR count). The third-order valence-corrected chi connectivity index (χ3v) is 2.21. The van der Waals surface area contributed by atoms with Crippen LogP contribution in [0.15, 0.2) is 12.1 Å². The highest BCUT2D eigenvalue weighted by Crippen LogP contribution is 2.27. The molecule has 1 atom stereocenters. The molecule has 0 aromatic heterocycles. The first kappa shape index (κ1) is 11.4. The molecule has 2 N–H and O–H groups in total. The fourth-order valence-electron chi connectivity index (χ4n) is 1.22. The fraction of sp³-hybridized carbons (Fsp3) is 0.333. The lowest BCUT2D eigenvalue weighted by Crippen LogP contribution is -2.11. The molecule has 0 fully saturated rings. The van der Waals surface area contributed by atoms with Crippen LogP contribution >= 0.6 is 11.6 Å². The minimum Gasteiger partial charge on any atom is -0.304 e. The van der Waals surface area contributed by atoms with Gasteiger partial charge in [0, 0.05) is 11.5 Å². The summed E-state index contributed by atoms with van der Waals surface area (Å²) in [5.74, 6) is 2.96. The predicted molar refractivity (Wildman–Crippen MR) is 49.9 cm³/mol. The molecule has 1 unspecified atom stereocenters. The normalized spacial score (nSPS) is 12.9. The minimum absolute atomic E-state index is 0.0359. The number of hydrogen-bond donors (Lipinski definition) is 1. The molecule has 0 spiro atoms. The second-order valence-electron chi connectivity index (χ2n) is 2.99. The van der Waals surface area contributed by atoms with Gasteiger partial charge in [-0.15, -0.1) is 0 Å². The molecule has 1 aromatic carbocycles. The van der Waals surface area contributed by atoms with Gasteiger partial charge in [-0.1, -0.05) is 18.5 Å². The van der Waals surface area contributed by atoms with Crippen LogP contribution in [-0.2, 0) is 4.84 Å². The Morgan fingerprint density at radius 1 is 1.50 bits per heavy atom. The van der Waals surface area contributed by atoms with Gasteiger partial charge in [0.25, 0.3) is 0 Å². The third kappa shape index (κ3) is 2.20. The summed E-state index contributed by atoms with van der Waals surface area (Å²) in [6.07, 6.45) is 0. The predicted octanol–water partition coefficient (Wildman–Crippen LogP) is 2.61. The van der Waals surface area contributed by atoms with E-state index in [0.717, 1.165) is 6.07 Å². The summed E-state index contributed by atoms with van der Waals surface area (Å²) in [4.78, 5) is 4.33. The zero-order valence-corrected chi connectivity index (χ0v) is 8.31. The number of nitrogens with two attached hydrogens (primary N) is 1. The lowest BCUT2D eigenvalue weighted by molar-refractivity contribution is 0.125. The summed E-state index contributed by atoms with van der Waals surface area (Å²) in [7, 11) is 0. The van der Waals surface area contributed by atoms with E-state index >= 15 is 0 Å². The average molecular weight is 222 g/mol. The van der Waals surface area contributed by atoms with Crippen molar-refractivity contribution in [1.29, 1.82) is 0 Å². The summed E-state index contributed by atoms with van der Waals surface area (Å²) >= 11 is 5.52. The molecule has 0 aliphatic carbocycles. The maximum atomic E-state index is 13.4. The topological polar surface area (TPSA) is 35.2 Å². The maximum absolute atomic E-state index is 13.4. The molecule has 0 saturated heterocycles. The van der Waals surface area contributed by atoms with Crippen LogP contribution in [0.3, 0.4) is 0 Å². The van der Waals surface area contributed by atoms with Crippen LogP contribution in [0, 0.1) is 11.6 Å². The Balaban J connectivity index is 3.11. The maximum Gasteiger partial charge on any atom is 0.148 e. The summed E-state index contributed by atoms with van der Waals surface area (Å²) in [6, 6.07) is 2.29. The van der Waals surface area contributed by atoms with E-state index in [4.69, 9.17) is 17.5 Å². The molecule has 0 radical (unpaired) electrons. The number of rotatable bonds is 3. The first-order valence-corrected chi connectivity index (χ1v) is 4.40. The SMILES string of the molecule is CC(CON)c1c(F)ccc(Cl)c1F. The second-order valence-corrected chi connectivity index (χ2v) is 3.40. The molecule has 0 aliphatic rings. The van der Waals surface area contributed by atoms with Crippen molar-refractivity contribution in [3.8, 4) is 0 Å². The van der Waals surface area contributed by atoms with Crippen molar-refractivity contribution in [2.75, 3.05) is 6.61 Å². The monoisotopic (exact) mass is 221 g/mol. The molecule has 0 amide bonds. The third-order valence-electron chi connectivity index (χ3n) is 1.92. The van der Waals surface area contributed by atoms with Gasteiger partial charge in [-0.25, -0.2) is 14.7 Å². The van der Waals surface area contributed by atoms with Gasteiger partial charge in [0.15, 0.2) is 0 Å². The first-order valence-electron chi connectivity index (χ1n) is 4.03. The Bertz CT molecular complexity index is 333. The van der Waals surface area contributed by atoms with Crippen molar-refractivity contribution in [3.63, 3.8) is 0 Å². The van der Waals surface area contributed by atoms with Crippen LogP contribution in [0.25, 0.3) is 0 Å². The van der Waals surface area contributed by atoms with Crippen molar-refractivity contribution < 1.29 is 13.6 Å². The lowest BCUT2D eigenvalue weighted by Gasteiger charge is -2.12. The lowest BCUT2D eigenvalue weighted by atomic mass is 10.0. The Hall–Kier alpha value is -0.710. The molecule has 78 valence electrons. The van der Waals surface area contributed by atoms with E-state index in [0.29, 0.717) is 0 Å². The molecule has 0 aliphatic heterocycles. The molecular weight excluding hydrogens is 212 g/mol. The summed E-state index contributed by atoms with van der Waals surface area (Å²) < 4.78 is 26.6. The van der Waals surface area contributed by atoms with E-state index in [1.807, 2.05) is 0 Å². The van der Waals surface area contributed by atoms with E-state index in [9.17, 15) is 8.78 Å². The Labute approximate surface area is 85.6 Å². The van der Waals surface area contributed by atoms with Gasteiger partial charge in [0.05, 0.1) is 11.6 Å². The summed E-state index contributed by atoms with van der Waals surface area (Å²) in [5.41, 5.74) is -0.0945. The highest BCUT2D eigenvalue weighted by molar-refractivity contribution is 6.30. The minimum atomic E-state index is -0.754. The van der Waals surface area contributed by atoms with Gasteiger partial charge in [-0.2, -0.15) is 0 Å². The van der Waals surface area contributed by atoms with Crippen molar-refractivity contribution in [2.45, 2.75) is 12.8 Å². The molecule has 1 aromatic rings. The smallest absolute Gasteiger partial charge is 0.148 e. The Morgan fingerprint density at radius 2 is 2.14 bits per heavy atom. The van der Waals surface area contributed by atoms with E-state index in [1.54, 1.807) is 6.92 Å². The van der Waals surface area contributed by atoms with Gasteiger partial charge >= 0.3 is 0 Å². The molecule has 5 heteroatoms. The molecule has 0 saturated carbocycles. The quantitative estimate of drug-likeness (QED) is 0.629. The highest BCUT2D eigenvalue weighted by Gasteiger charge is 2.18. The van der Waals surface area contributed by atoms with Gasteiger partial charge in [0.2, 0.25) is 0 Å². The molecular formula is C9H10ClF2NO. The molecule has 14 heavy (non-hydrogen) atoms. The van der Waals surface area contributed by atoms with Crippen LogP contribution in [0.1, 0.15) is 18.4 Å². The number of benzene rings is 1. The number of hydrogen-bond acceptors (Lipinski definition) is 2. The number of halogens is 3. The summed E-state index contributed by atoms with van der Waals surface area (Å²) in [5, 5.41) is -0.106. The standard InChI is InChI=1S/C9H10ClF2NO/c1-5(4-14-13)8-7(11)3-2-6(10)9(8)12/h2-3,5H,4,13H2,1H3. The van der Waals surface area contributed by atoms with Crippen LogP contribution in [-0.4, -0.2) is 6.61 Å². The zero-order chi connectivity index (χ0) is 10.7. The largest absolute Gasteiger partial charge is 0.304 e. The average Bonchev–Trinajstić information content (AvgIpc) is 2.13. The molecule has 0 bridgehead atoms. The van der Waals surface area contributed by atoms with Gasteiger partial charge in [-0.3, -0.25) is 0 Å². The Kier molecular flexibility index (Phi) is 3.80. The highest BCUT2D eigenvalue weighted by atomic mass is 35.5. The fourth-order valence-corrected chi connectivity index (χ4v) is 1.39. The molecule has 2 nitrogen and oxygen atoms in total.